The van der Waals surface area contributed by atoms with Gasteiger partial charge in [0.1, 0.15) is 5.75 Å². The first-order chi connectivity index (χ1) is 8.15. The minimum atomic E-state index is -0.578. The monoisotopic (exact) mass is 237 g/mol. The fraction of sp³-hybridized carbons (Fsp3) is 0.333. The number of carbonyl (C=O) groups excluding carboxylic acids is 2. The molecule has 0 radical (unpaired) electrons. The van der Waals surface area contributed by atoms with E-state index in [1.165, 1.54) is 6.92 Å². The average Bonchev–Trinajstić information content (AvgIpc) is 2.33. The normalized spacial score (nSPS) is 9.53. The lowest BCUT2D eigenvalue weighted by Crippen LogP contribution is -2.26. The van der Waals surface area contributed by atoms with Gasteiger partial charge in [0, 0.05) is 6.92 Å². The van der Waals surface area contributed by atoms with Crippen LogP contribution in [0.3, 0.4) is 0 Å². The molecular formula is C12H15NO4. The number of hydrogen-bond donors (Lipinski definition) is 1. The van der Waals surface area contributed by atoms with Crippen molar-refractivity contribution >= 4 is 11.9 Å². The maximum absolute atomic E-state index is 11.7. The summed E-state index contributed by atoms with van der Waals surface area (Å²) < 4.78 is 5.41. The summed E-state index contributed by atoms with van der Waals surface area (Å²) in [4.78, 5) is 26.7. The van der Waals surface area contributed by atoms with E-state index >= 15 is 0 Å². The second kappa shape index (κ2) is 6.52. The third-order valence-corrected chi connectivity index (χ3v) is 1.88. The topological polar surface area (TPSA) is 64.6 Å². The van der Waals surface area contributed by atoms with Gasteiger partial charge in [0.15, 0.2) is 0 Å². The molecule has 1 aromatic rings. The van der Waals surface area contributed by atoms with E-state index in [0.29, 0.717) is 17.9 Å². The Morgan fingerprint density at radius 2 is 2.00 bits per heavy atom. The molecule has 17 heavy (non-hydrogen) atoms. The van der Waals surface area contributed by atoms with Gasteiger partial charge >= 0.3 is 5.97 Å². The summed E-state index contributed by atoms with van der Waals surface area (Å²) >= 11 is 0. The Kier molecular flexibility index (Phi) is 5.00. The highest BCUT2D eigenvalue weighted by Gasteiger charge is 2.12. The van der Waals surface area contributed by atoms with Gasteiger partial charge in [-0.3, -0.25) is 9.59 Å². The zero-order valence-corrected chi connectivity index (χ0v) is 9.86. The van der Waals surface area contributed by atoms with Gasteiger partial charge in [0.2, 0.25) is 0 Å². The lowest BCUT2D eigenvalue weighted by molar-refractivity contribution is -0.146. The molecular weight excluding hydrogens is 222 g/mol. The Bertz CT molecular complexity index is 403. The van der Waals surface area contributed by atoms with Crippen LogP contribution in [0.25, 0.3) is 0 Å². The van der Waals surface area contributed by atoms with Crippen LogP contribution >= 0.6 is 0 Å². The van der Waals surface area contributed by atoms with Gasteiger partial charge in [-0.25, -0.2) is 0 Å². The molecule has 1 rings (SSSR count). The summed E-state index contributed by atoms with van der Waals surface area (Å²) in [6.45, 7) is 3.71. The molecule has 5 heteroatoms. The zero-order chi connectivity index (χ0) is 12.7. The maximum Gasteiger partial charge on any atom is 0.329 e. The van der Waals surface area contributed by atoms with Crippen molar-refractivity contribution < 1.29 is 19.2 Å². The molecule has 0 aliphatic rings. The van der Waals surface area contributed by atoms with Crippen molar-refractivity contribution in [3.05, 3.63) is 29.8 Å². The van der Waals surface area contributed by atoms with Crippen LogP contribution in [0.2, 0.25) is 0 Å². The van der Waals surface area contributed by atoms with Gasteiger partial charge in [-0.15, -0.1) is 0 Å². The molecule has 0 saturated heterocycles. The molecule has 0 unspecified atom stereocenters. The van der Waals surface area contributed by atoms with Gasteiger partial charge in [-0.2, -0.15) is 5.48 Å². The van der Waals surface area contributed by atoms with Crippen molar-refractivity contribution in [2.75, 3.05) is 6.61 Å². The summed E-state index contributed by atoms with van der Waals surface area (Å²) in [6, 6.07) is 6.78. The smallest absolute Gasteiger partial charge is 0.329 e. The average molecular weight is 237 g/mol. The van der Waals surface area contributed by atoms with Gasteiger partial charge in [0.05, 0.1) is 12.2 Å². The van der Waals surface area contributed by atoms with Crippen LogP contribution in [0.4, 0.5) is 0 Å². The maximum atomic E-state index is 11.7. The fourth-order valence-electron chi connectivity index (χ4n) is 1.17. The molecule has 0 bridgehead atoms. The molecule has 1 amide bonds. The number of rotatable bonds is 4. The van der Waals surface area contributed by atoms with Crippen LogP contribution in [-0.2, 0) is 9.63 Å². The van der Waals surface area contributed by atoms with Gasteiger partial charge in [-0.1, -0.05) is 19.1 Å². The van der Waals surface area contributed by atoms with Crippen molar-refractivity contribution in [2.24, 2.45) is 0 Å². The molecule has 1 N–H and O–H groups in total. The van der Waals surface area contributed by atoms with E-state index < -0.39 is 11.9 Å². The molecule has 0 aromatic heterocycles. The number of nitrogens with one attached hydrogen (secondary N) is 1. The van der Waals surface area contributed by atoms with Crippen LogP contribution in [0.5, 0.6) is 5.75 Å². The van der Waals surface area contributed by atoms with E-state index in [4.69, 9.17) is 4.74 Å². The fourth-order valence-corrected chi connectivity index (χ4v) is 1.17. The van der Waals surface area contributed by atoms with Crippen LogP contribution in [0.1, 0.15) is 30.6 Å². The molecule has 0 atom stereocenters. The Balaban J connectivity index is 2.74. The van der Waals surface area contributed by atoms with Crippen molar-refractivity contribution in [2.45, 2.75) is 20.3 Å². The third-order valence-electron chi connectivity index (χ3n) is 1.88. The molecule has 0 aliphatic heterocycles. The van der Waals surface area contributed by atoms with E-state index in [1.54, 1.807) is 24.3 Å². The van der Waals surface area contributed by atoms with Gasteiger partial charge in [0.25, 0.3) is 5.91 Å². The summed E-state index contributed by atoms with van der Waals surface area (Å²) in [5.74, 6) is -0.615. The van der Waals surface area contributed by atoms with Gasteiger partial charge < -0.3 is 9.57 Å². The van der Waals surface area contributed by atoms with Crippen LogP contribution < -0.4 is 10.2 Å². The second-order valence-electron chi connectivity index (χ2n) is 3.37. The molecule has 0 spiro atoms. The first-order valence-corrected chi connectivity index (χ1v) is 5.34. The molecule has 5 nitrogen and oxygen atoms in total. The number of hydroxylamine groups is 1. The lowest BCUT2D eigenvalue weighted by atomic mass is 10.2. The van der Waals surface area contributed by atoms with Gasteiger partial charge in [-0.05, 0) is 18.6 Å². The number of benzene rings is 1. The summed E-state index contributed by atoms with van der Waals surface area (Å²) in [7, 11) is 0. The molecule has 1 aromatic carbocycles. The Morgan fingerprint density at radius 3 is 2.65 bits per heavy atom. The number of para-hydroxylation sites is 1. The largest absolute Gasteiger partial charge is 0.493 e. The highest BCUT2D eigenvalue weighted by molar-refractivity contribution is 5.96. The first kappa shape index (κ1) is 13.0. The summed E-state index contributed by atoms with van der Waals surface area (Å²) in [5.41, 5.74) is 2.38. The van der Waals surface area contributed by atoms with E-state index in [2.05, 4.69) is 4.84 Å². The van der Waals surface area contributed by atoms with E-state index in [0.717, 1.165) is 6.42 Å². The Morgan fingerprint density at radius 1 is 1.29 bits per heavy atom. The lowest BCUT2D eigenvalue weighted by Gasteiger charge is -2.10. The quantitative estimate of drug-likeness (QED) is 0.809. The summed E-state index contributed by atoms with van der Waals surface area (Å²) in [5, 5.41) is 0. The van der Waals surface area contributed by atoms with Crippen molar-refractivity contribution in [1.82, 2.24) is 5.48 Å². The van der Waals surface area contributed by atoms with Crippen molar-refractivity contribution in [1.29, 1.82) is 0 Å². The second-order valence-corrected chi connectivity index (χ2v) is 3.37. The van der Waals surface area contributed by atoms with Crippen LogP contribution in [0.15, 0.2) is 24.3 Å². The molecule has 0 heterocycles. The molecule has 0 saturated carbocycles. The van der Waals surface area contributed by atoms with E-state index in [9.17, 15) is 9.59 Å². The minimum absolute atomic E-state index is 0.335. The standard InChI is InChI=1S/C12H15NO4/c1-3-8-16-11-7-5-4-6-10(11)12(15)13-17-9(2)14/h4-7H,3,8H2,1-2H3,(H,13,15). The molecule has 92 valence electrons. The highest BCUT2D eigenvalue weighted by Crippen LogP contribution is 2.17. The SMILES string of the molecule is CCCOc1ccccc1C(=O)NOC(C)=O. The van der Waals surface area contributed by atoms with Crippen molar-refractivity contribution in [3.63, 3.8) is 0 Å². The van der Waals surface area contributed by atoms with Crippen molar-refractivity contribution in [3.8, 4) is 5.75 Å². The molecule has 0 fully saturated rings. The van der Waals surface area contributed by atoms with E-state index in [1.807, 2.05) is 12.4 Å². The summed E-state index contributed by atoms with van der Waals surface area (Å²) in [6.07, 6.45) is 0.847. The Hall–Kier alpha value is -2.04. The zero-order valence-electron chi connectivity index (χ0n) is 9.86. The Labute approximate surface area is 99.7 Å². The van der Waals surface area contributed by atoms with E-state index in [-0.39, 0.29) is 0 Å². The highest BCUT2D eigenvalue weighted by atomic mass is 16.7. The molecule has 0 aliphatic carbocycles. The predicted molar refractivity (Wildman–Crippen MR) is 61.5 cm³/mol. The minimum Gasteiger partial charge on any atom is -0.493 e. The third kappa shape index (κ3) is 4.14. The first-order valence-electron chi connectivity index (χ1n) is 5.34. The number of hydrogen-bond acceptors (Lipinski definition) is 4. The van der Waals surface area contributed by atoms with Crippen LogP contribution in [0, 0.1) is 0 Å². The van der Waals surface area contributed by atoms with Crippen LogP contribution in [-0.4, -0.2) is 18.5 Å². The number of ether oxygens (including phenoxy) is 1. The number of carbonyl (C=O) groups is 2. The predicted octanol–water partition coefficient (Wildman–Crippen LogP) is 1.68. The number of amides is 1.